The molecule has 2 fully saturated rings. The van der Waals surface area contributed by atoms with Crippen LogP contribution in [0.3, 0.4) is 0 Å². The molecule has 1 aliphatic carbocycles. The molecule has 0 radical (unpaired) electrons. The number of ether oxygens (including phenoxy) is 1. The summed E-state index contributed by atoms with van der Waals surface area (Å²) in [6.07, 6.45) is 5.85. The van der Waals surface area contributed by atoms with Crippen LogP contribution in [0.5, 0.6) is 0 Å². The zero-order valence-electron chi connectivity index (χ0n) is 10.3. The summed E-state index contributed by atoms with van der Waals surface area (Å²) in [5.74, 6) is -0.104. The van der Waals surface area contributed by atoms with E-state index < -0.39 is 22.0 Å². The zero-order chi connectivity index (χ0) is 12.6. The van der Waals surface area contributed by atoms with Crippen LogP contribution in [0.25, 0.3) is 0 Å². The number of carbonyl (C=O) groups excluding carboxylic acids is 1. The van der Waals surface area contributed by atoms with Crippen LogP contribution in [0.4, 0.5) is 0 Å². The van der Waals surface area contributed by atoms with Crippen molar-refractivity contribution in [3.8, 4) is 0 Å². The topological polar surface area (TPSA) is 63.7 Å². The lowest BCUT2D eigenvalue weighted by molar-refractivity contribution is -0.144. The highest BCUT2D eigenvalue weighted by Crippen LogP contribution is 2.41. The van der Waals surface area contributed by atoms with Gasteiger partial charge in [-0.2, -0.15) is 4.31 Å². The Morgan fingerprint density at radius 2 is 1.94 bits per heavy atom. The summed E-state index contributed by atoms with van der Waals surface area (Å²) in [7, 11) is -2.03. The van der Waals surface area contributed by atoms with Crippen molar-refractivity contribution in [1.82, 2.24) is 4.31 Å². The predicted octanol–water partition coefficient (Wildman–Crippen LogP) is 0.752. The zero-order valence-corrected chi connectivity index (χ0v) is 11.1. The van der Waals surface area contributed by atoms with Gasteiger partial charge < -0.3 is 4.74 Å². The van der Waals surface area contributed by atoms with E-state index in [1.807, 2.05) is 0 Å². The first kappa shape index (κ1) is 12.8. The SMILES string of the molecule is COC(=O)C1CC2CCCCC2N1S(C)(=O)=O. The van der Waals surface area contributed by atoms with Crippen LogP contribution < -0.4 is 0 Å². The maximum Gasteiger partial charge on any atom is 0.324 e. The molecule has 0 aromatic heterocycles. The molecule has 0 N–H and O–H groups in total. The summed E-state index contributed by atoms with van der Waals surface area (Å²) in [6, 6.07) is -0.606. The van der Waals surface area contributed by atoms with Crippen LogP contribution in [0.2, 0.25) is 0 Å². The van der Waals surface area contributed by atoms with E-state index in [9.17, 15) is 13.2 Å². The van der Waals surface area contributed by atoms with E-state index >= 15 is 0 Å². The lowest BCUT2D eigenvalue weighted by atomic mass is 9.85. The minimum atomic E-state index is -3.34. The standard InChI is InChI=1S/C11H19NO4S/c1-16-11(13)10-7-8-5-3-4-6-9(8)12(10)17(2,14)15/h8-10H,3-7H2,1-2H3. The van der Waals surface area contributed by atoms with Crippen LogP contribution in [-0.2, 0) is 19.6 Å². The molecular weight excluding hydrogens is 242 g/mol. The average Bonchev–Trinajstić information content (AvgIpc) is 2.66. The molecule has 98 valence electrons. The van der Waals surface area contributed by atoms with Gasteiger partial charge in [0.1, 0.15) is 6.04 Å². The highest BCUT2D eigenvalue weighted by molar-refractivity contribution is 7.88. The summed E-state index contributed by atoms with van der Waals surface area (Å²) in [4.78, 5) is 11.7. The number of hydrogen-bond acceptors (Lipinski definition) is 4. The van der Waals surface area contributed by atoms with Gasteiger partial charge in [0.05, 0.1) is 13.4 Å². The van der Waals surface area contributed by atoms with Crippen molar-refractivity contribution in [3.05, 3.63) is 0 Å². The number of carbonyl (C=O) groups is 1. The van der Waals surface area contributed by atoms with E-state index in [-0.39, 0.29) is 6.04 Å². The predicted molar refractivity (Wildman–Crippen MR) is 62.8 cm³/mol. The fourth-order valence-electron chi connectivity index (χ4n) is 3.23. The molecular formula is C11H19NO4S. The Bertz CT molecular complexity index is 406. The summed E-state index contributed by atoms with van der Waals surface area (Å²) in [5.41, 5.74) is 0. The summed E-state index contributed by atoms with van der Waals surface area (Å²) in [5, 5.41) is 0. The van der Waals surface area contributed by atoms with Crippen LogP contribution >= 0.6 is 0 Å². The van der Waals surface area contributed by atoms with Gasteiger partial charge in [-0.15, -0.1) is 0 Å². The normalized spacial score (nSPS) is 34.4. The number of rotatable bonds is 2. The Balaban J connectivity index is 2.30. The maximum absolute atomic E-state index is 11.8. The van der Waals surface area contributed by atoms with Crippen LogP contribution in [0, 0.1) is 5.92 Å². The van der Waals surface area contributed by atoms with Gasteiger partial charge in [-0.05, 0) is 25.2 Å². The van der Waals surface area contributed by atoms with Gasteiger partial charge in [0, 0.05) is 6.04 Å². The Labute approximate surface area is 102 Å². The molecule has 1 saturated heterocycles. The van der Waals surface area contributed by atoms with E-state index in [1.165, 1.54) is 17.7 Å². The second kappa shape index (κ2) is 4.57. The number of methoxy groups -OCH3 is 1. The molecule has 0 bridgehead atoms. The number of hydrogen-bond donors (Lipinski definition) is 0. The molecule has 17 heavy (non-hydrogen) atoms. The van der Waals surface area contributed by atoms with Gasteiger partial charge in [0.15, 0.2) is 0 Å². The highest BCUT2D eigenvalue weighted by atomic mass is 32.2. The summed E-state index contributed by atoms with van der Waals surface area (Å²) in [6.45, 7) is 0. The van der Waals surface area contributed by atoms with E-state index in [0.717, 1.165) is 25.7 Å². The average molecular weight is 261 g/mol. The molecule has 2 rings (SSSR count). The van der Waals surface area contributed by atoms with Crippen molar-refractivity contribution in [2.45, 2.75) is 44.2 Å². The van der Waals surface area contributed by atoms with E-state index in [1.54, 1.807) is 0 Å². The fraction of sp³-hybridized carbons (Fsp3) is 0.909. The van der Waals surface area contributed by atoms with Gasteiger partial charge >= 0.3 is 5.97 Å². The van der Waals surface area contributed by atoms with Crippen molar-refractivity contribution in [1.29, 1.82) is 0 Å². The number of nitrogens with zero attached hydrogens (tertiary/aromatic N) is 1. The molecule has 3 atom stereocenters. The molecule has 2 aliphatic rings. The lowest BCUT2D eigenvalue weighted by Crippen LogP contribution is -2.45. The monoisotopic (exact) mass is 261 g/mol. The molecule has 3 unspecified atom stereocenters. The maximum atomic E-state index is 11.8. The molecule has 1 heterocycles. The number of esters is 1. The van der Waals surface area contributed by atoms with Crippen LogP contribution in [0.1, 0.15) is 32.1 Å². The van der Waals surface area contributed by atoms with Crippen molar-refractivity contribution in [3.63, 3.8) is 0 Å². The smallest absolute Gasteiger partial charge is 0.324 e. The van der Waals surface area contributed by atoms with E-state index in [2.05, 4.69) is 0 Å². The first-order valence-electron chi connectivity index (χ1n) is 6.01. The molecule has 0 spiro atoms. The first-order chi connectivity index (χ1) is 7.95. The fourth-order valence-corrected chi connectivity index (χ4v) is 4.64. The van der Waals surface area contributed by atoms with Crippen molar-refractivity contribution in [2.24, 2.45) is 5.92 Å². The third-order valence-corrected chi connectivity index (χ3v) is 5.18. The molecule has 5 nitrogen and oxygen atoms in total. The quantitative estimate of drug-likeness (QED) is 0.688. The summed E-state index contributed by atoms with van der Waals surface area (Å²) >= 11 is 0. The van der Waals surface area contributed by atoms with Crippen molar-refractivity contribution in [2.75, 3.05) is 13.4 Å². The number of sulfonamides is 1. The Morgan fingerprint density at radius 1 is 1.29 bits per heavy atom. The number of fused-ring (bicyclic) bond motifs is 1. The van der Waals surface area contributed by atoms with Crippen molar-refractivity contribution < 1.29 is 17.9 Å². The molecule has 6 heteroatoms. The van der Waals surface area contributed by atoms with Gasteiger partial charge in [0.25, 0.3) is 0 Å². The van der Waals surface area contributed by atoms with Gasteiger partial charge in [-0.25, -0.2) is 8.42 Å². The second-order valence-corrected chi connectivity index (χ2v) is 6.87. The first-order valence-corrected chi connectivity index (χ1v) is 7.86. The van der Waals surface area contributed by atoms with Crippen LogP contribution in [-0.4, -0.2) is 44.1 Å². The van der Waals surface area contributed by atoms with Crippen molar-refractivity contribution >= 4 is 16.0 Å². The molecule has 0 aromatic carbocycles. The van der Waals surface area contributed by atoms with Gasteiger partial charge in [-0.1, -0.05) is 12.8 Å². The third-order valence-electron chi connectivity index (χ3n) is 3.89. The molecule has 1 saturated carbocycles. The molecule has 0 amide bonds. The lowest BCUT2D eigenvalue weighted by Gasteiger charge is -2.31. The second-order valence-electron chi connectivity index (χ2n) is 4.98. The Kier molecular flexibility index (Phi) is 3.45. The van der Waals surface area contributed by atoms with Crippen LogP contribution in [0.15, 0.2) is 0 Å². The minimum Gasteiger partial charge on any atom is -0.468 e. The Morgan fingerprint density at radius 3 is 2.53 bits per heavy atom. The van der Waals surface area contributed by atoms with Gasteiger partial charge in [0.2, 0.25) is 10.0 Å². The largest absolute Gasteiger partial charge is 0.468 e. The summed E-state index contributed by atoms with van der Waals surface area (Å²) < 4.78 is 29.8. The van der Waals surface area contributed by atoms with E-state index in [4.69, 9.17) is 4.74 Å². The minimum absolute atomic E-state index is 0.00264. The Hall–Kier alpha value is -0.620. The van der Waals surface area contributed by atoms with Gasteiger partial charge in [-0.3, -0.25) is 4.79 Å². The third kappa shape index (κ3) is 2.33. The molecule has 0 aromatic rings. The molecule has 1 aliphatic heterocycles. The van der Waals surface area contributed by atoms with E-state index in [0.29, 0.717) is 12.3 Å². The highest BCUT2D eigenvalue weighted by Gasteiger charge is 2.49.